The quantitative estimate of drug-likeness (QED) is 0.901. The van der Waals surface area contributed by atoms with Crippen LogP contribution in [0.3, 0.4) is 0 Å². The number of rotatable bonds is 5. The molecule has 1 saturated carbocycles. The Labute approximate surface area is 116 Å². The van der Waals surface area contributed by atoms with Crippen LogP contribution >= 0.6 is 11.8 Å². The third-order valence-electron chi connectivity index (χ3n) is 3.06. The standard InChI is InChI=1S/C15H15FN2S/c16-12-1-4-15(19-14-5-7-17-8-6-14)11(9-12)10-18-13-2-3-13/h1,4-9,13,18H,2-3,10H2. The lowest BCUT2D eigenvalue weighted by Crippen LogP contribution is -2.15. The predicted octanol–water partition coefficient (Wildman–Crippen LogP) is 3.62. The maximum Gasteiger partial charge on any atom is 0.123 e. The Morgan fingerprint density at radius 3 is 2.74 bits per heavy atom. The highest BCUT2D eigenvalue weighted by atomic mass is 32.2. The van der Waals surface area contributed by atoms with Gasteiger partial charge in [-0.25, -0.2) is 4.39 Å². The van der Waals surface area contributed by atoms with Gasteiger partial charge in [-0.1, -0.05) is 11.8 Å². The Morgan fingerprint density at radius 2 is 2.00 bits per heavy atom. The monoisotopic (exact) mass is 274 g/mol. The van der Waals surface area contributed by atoms with E-state index in [1.807, 2.05) is 18.2 Å². The lowest BCUT2D eigenvalue weighted by atomic mass is 10.2. The molecule has 98 valence electrons. The summed E-state index contributed by atoms with van der Waals surface area (Å²) in [5, 5.41) is 3.43. The number of pyridine rings is 1. The second-order valence-corrected chi connectivity index (χ2v) is 5.81. The second-order valence-electron chi connectivity index (χ2n) is 4.69. The average molecular weight is 274 g/mol. The summed E-state index contributed by atoms with van der Waals surface area (Å²) >= 11 is 1.65. The van der Waals surface area contributed by atoms with E-state index >= 15 is 0 Å². The first-order valence-electron chi connectivity index (χ1n) is 6.41. The highest BCUT2D eigenvalue weighted by molar-refractivity contribution is 7.99. The highest BCUT2D eigenvalue weighted by Gasteiger charge is 2.20. The topological polar surface area (TPSA) is 24.9 Å². The first-order chi connectivity index (χ1) is 9.31. The van der Waals surface area contributed by atoms with Gasteiger partial charge in [0.2, 0.25) is 0 Å². The molecule has 3 rings (SSSR count). The molecule has 19 heavy (non-hydrogen) atoms. The zero-order chi connectivity index (χ0) is 13.1. The maximum absolute atomic E-state index is 13.4. The van der Waals surface area contributed by atoms with Gasteiger partial charge in [0.05, 0.1) is 0 Å². The van der Waals surface area contributed by atoms with E-state index in [2.05, 4.69) is 10.3 Å². The van der Waals surface area contributed by atoms with Crippen LogP contribution in [0.15, 0.2) is 52.5 Å². The first-order valence-corrected chi connectivity index (χ1v) is 7.22. The molecule has 1 aliphatic rings. The van der Waals surface area contributed by atoms with Gasteiger partial charge >= 0.3 is 0 Å². The SMILES string of the molecule is Fc1ccc(Sc2ccncc2)c(CNC2CC2)c1. The zero-order valence-electron chi connectivity index (χ0n) is 10.5. The van der Waals surface area contributed by atoms with Crippen LogP contribution in [-0.4, -0.2) is 11.0 Å². The number of aromatic nitrogens is 1. The van der Waals surface area contributed by atoms with E-state index in [-0.39, 0.29) is 5.82 Å². The van der Waals surface area contributed by atoms with Crippen LogP contribution in [0.1, 0.15) is 18.4 Å². The van der Waals surface area contributed by atoms with E-state index in [1.54, 1.807) is 30.2 Å². The average Bonchev–Trinajstić information content (AvgIpc) is 3.24. The summed E-state index contributed by atoms with van der Waals surface area (Å²) in [6.45, 7) is 0.732. The van der Waals surface area contributed by atoms with Crippen LogP contribution in [0.5, 0.6) is 0 Å². The van der Waals surface area contributed by atoms with Crippen LogP contribution in [-0.2, 0) is 6.54 Å². The van der Waals surface area contributed by atoms with Gasteiger partial charge in [0.25, 0.3) is 0 Å². The van der Waals surface area contributed by atoms with Crippen molar-refractivity contribution in [2.75, 3.05) is 0 Å². The van der Waals surface area contributed by atoms with Crippen molar-refractivity contribution in [2.24, 2.45) is 0 Å². The third kappa shape index (κ3) is 3.55. The van der Waals surface area contributed by atoms with Crippen molar-refractivity contribution in [3.63, 3.8) is 0 Å². The number of halogens is 1. The molecule has 0 unspecified atom stereocenters. The van der Waals surface area contributed by atoms with Crippen molar-refractivity contribution >= 4 is 11.8 Å². The molecule has 0 bridgehead atoms. The molecular formula is C15H15FN2S. The van der Waals surface area contributed by atoms with Gasteiger partial charge in [-0.05, 0) is 48.7 Å². The van der Waals surface area contributed by atoms with Gasteiger partial charge in [0, 0.05) is 34.8 Å². The number of hydrogen-bond acceptors (Lipinski definition) is 3. The fourth-order valence-corrected chi connectivity index (χ4v) is 2.77. The van der Waals surface area contributed by atoms with E-state index in [0.29, 0.717) is 6.04 Å². The molecule has 1 heterocycles. The lowest BCUT2D eigenvalue weighted by Gasteiger charge is -2.10. The molecule has 1 fully saturated rings. The summed E-state index contributed by atoms with van der Waals surface area (Å²) in [6, 6.07) is 9.55. The molecule has 0 spiro atoms. The van der Waals surface area contributed by atoms with Crippen molar-refractivity contribution in [1.29, 1.82) is 0 Å². The van der Waals surface area contributed by atoms with Crippen molar-refractivity contribution in [2.45, 2.75) is 35.2 Å². The Hall–Kier alpha value is -1.39. The molecule has 2 aromatic rings. The van der Waals surface area contributed by atoms with Gasteiger partial charge in [0.15, 0.2) is 0 Å². The summed E-state index contributed by atoms with van der Waals surface area (Å²) in [7, 11) is 0. The normalized spacial score (nSPS) is 14.6. The molecular weight excluding hydrogens is 259 g/mol. The van der Waals surface area contributed by atoms with Gasteiger partial charge in [-0.3, -0.25) is 4.98 Å². The lowest BCUT2D eigenvalue weighted by molar-refractivity contribution is 0.616. The molecule has 2 nitrogen and oxygen atoms in total. The Balaban J connectivity index is 1.78. The molecule has 0 aliphatic heterocycles. The largest absolute Gasteiger partial charge is 0.310 e. The Morgan fingerprint density at radius 1 is 1.21 bits per heavy atom. The fraction of sp³-hybridized carbons (Fsp3) is 0.267. The van der Waals surface area contributed by atoms with Crippen LogP contribution < -0.4 is 5.32 Å². The predicted molar refractivity (Wildman–Crippen MR) is 74.6 cm³/mol. The molecule has 4 heteroatoms. The molecule has 1 aromatic heterocycles. The van der Waals surface area contributed by atoms with Crippen molar-refractivity contribution in [3.05, 3.63) is 54.1 Å². The van der Waals surface area contributed by atoms with E-state index in [0.717, 1.165) is 21.9 Å². The number of benzene rings is 1. The third-order valence-corrected chi connectivity index (χ3v) is 4.18. The van der Waals surface area contributed by atoms with E-state index in [9.17, 15) is 4.39 Å². The number of nitrogens with zero attached hydrogens (tertiary/aromatic N) is 1. The molecule has 1 aromatic carbocycles. The van der Waals surface area contributed by atoms with Crippen molar-refractivity contribution < 1.29 is 4.39 Å². The Kier molecular flexibility index (Phi) is 3.80. The molecule has 0 radical (unpaired) electrons. The van der Waals surface area contributed by atoms with Crippen LogP contribution in [0.25, 0.3) is 0 Å². The van der Waals surface area contributed by atoms with E-state index in [1.165, 1.54) is 18.9 Å². The summed E-state index contributed by atoms with van der Waals surface area (Å²) < 4.78 is 13.4. The minimum Gasteiger partial charge on any atom is -0.310 e. The second kappa shape index (κ2) is 5.72. The maximum atomic E-state index is 13.4. The summed E-state index contributed by atoms with van der Waals surface area (Å²) in [5.74, 6) is -0.174. The highest BCUT2D eigenvalue weighted by Crippen LogP contribution is 2.31. The van der Waals surface area contributed by atoms with Crippen LogP contribution in [0.2, 0.25) is 0 Å². The Bertz CT molecular complexity index is 555. The van der Waals surface area contributed by atoms with E-state index < -0.39 is 0 Å². The molecule has 1 N–H and O–H groups in total. The smallest absolute Gasteiger partial charge is 0.123 e. The van der Waals surface area contributed by atoms with Gasteiger partial charge in [-0.2, -0.15) is 0 Å². The summed E-state index contributed by atoms with van der Waals surface area (Å²) in [4.78, 5) is 6.22. The number of nitrogens with one attached hydrogen (secondary N) is 1. The fourth-order valence-electron chi connectivity index (χ4n) is 1.86. The molecule has 0 saturated heterocycles. The van der Waals surface area contributed by atoms with Crippen LogP contribution in [0, 0.1) is 5.82 Å². The first kappa shape index (κ1) is 12.6. The van der Waals surface area contributed by atoms with Crippen LogP contribution in [0.4, 0.5) is 4.39 Å². The van der Waals surface area contributed by atoms with E-state index in [4.69, 9.17) is 0 Å². The molecule has 0 amide bonds. The van der Waals surface area contributed by atoms with Crippen molar-refractivity contribution in [1.82, 2.24) is 10.3 Å². The minimum absolute atomic E-state index is 0.174. The molecule has 0 atom stereocenters. The number of hydrogen-bond donors (Lipinski definition) is 1. The van der Waals surface area contributed by atoms with Gasteiger partial charge in [-0.15, -0.1) is 0 Å². The summed E-state index contributed by atoms with van der Waals surface area (Å²) in [5.41, 5.74) is 1.02. The zero-order valence-corrected chi connectivity index (χ0v) is 11.3. The molecule has 1 aliphatic carbocycles. The summed E-state index contributed by atoms with van der Waals surface area (Å²) in [6.07, 6.45) is 6.02. The van der Waals surface area contributed by atoms with Gasteiger partial charge in [0.1, 0.15) is 5.82 Å². The van der Waals surface area contributed by atoms with Gasteiger partial charge < -0.3 is 5.32 Å². The minimum atomic E-state index is -0.174. The van der Waals surface area contributed by atoms with Crippen molar-refractivity contribution in [3.8, 4) is 0 Å².